The molecule has 0 saturated heterocycles. The molecule has 1 unspecified atom stereocenters. The average Bonchev–Trinajstić information content (AvgIpc) is 1.97. The van der Waals surface area contributed by atoms with Gasteiger partial charge in [-0.2, -0.15) is 0 Å². The van der Waals surface area contributed by atoms with Gasteiger partial charge < -0.3 is 10.5 Å². The number of esters is 1. The fourth-order valence-corrected chi connectivity index (χ4v) is 1.07. The van der Waals surface area contributed by atoms with E-state index in [0.717, 1.165) is 0 Å². The molecule has 0 amide bonds. The third-order valence-corrected chi connectivity index (χ3v) is 1.95. The molecule has 0 aromatic carbocycles. The number of hydrogen-bond acceptors (Lipinski definition) is 3. The van der Waals surface area contributed by atoms with Gasteiger partial charge in [-0.05, 0) is 0 Å². The molecule has 1 atom stereocenters. The summed E-state index contributed by atoms with van der Waals surface area (Å²) in [6, 6.07) is -0.790. The molecule has 0 aliphatic carbocycles. The summed E-state index contributed by atoms with van der Waals surface area (Å²) < 4.78 is 4.43. The van der Waals surface area contributed by atoms with E-state index in [1.54, 1.807) is 0 Å². The van der Waals surface area contributed by atoms with Gasteiger partial charge in [0, 0.05) is 0 Å². The van der Waals surface area contributed by atoms with Crippen LogP contribution in [0.5, 0.6) is 0 Å². The zero-order valence-electron chi connectivity index (χ0n) is 7.97. The third-order valence-electron chi connectivity index (χ3n) is 1.06. The molecule has 0 radical (unpaired) electrons. The molecule has 0 fully saturated rings. The largest absolute Gasteiger partial charge is 0.467 e. The van der Waals surface area contributed by atoms with Gasteiger partial charge in [0.25, 0.3) is 0 Å². The van der Waals surface area contributed by atoms with Gasteiger partial charge in [-0.15, -0.1) is 5.54 Å². The maximum absolute atomic E-state index is 10.8. The predicted molar refractivity (Wildman–Crippen MR) is 51.1 cm³/mol. The van der Waals surface area contributed by atoms with Crippen LogP contribution in [0.3, 0.4) is 0 Å². The van der Waals surface area contributed by atoms with Crippen molar-refractivity contribution < 1.29 is 9.53 Å². The molecule has 0 rings (SSSR count). The second-order valence-electron chi connectivity index (χ2n) is 3.52. The first-order chi connectivity index (χ1) is 5.37. The van der Waals surface area contributed by atoms with E-state index < -0.39 is 20.1 Å². The predicted octanol–water partition coefficient (Wildman–Crippen LogP) is 0.367. The van der Waals surface area contributed by atoms with Crippen LogP contribution in [0.2, 0.25) is 19.6 Å². The fourth-order valence-electron chi connectivity index (χ4n) is 0.480. The molecular weight excluding hydrogens is 170 g/mol. The highest BCUT2D eigenvalue weighted by Crippen LogP contribution is 1.96. The molecule has 0 aromatic heterocycles. The van der Waals surface area contributed by atoms with E-state index in [1.807, 2.05) is 0 Å². The Hall–Kier alpha value is -0.793. The van der Waals surface area contributed by atoms with Gasteiger partial charge >= 0.3 is 5.97 Å². The van der Waals surface area contributed by atoms with E-state index in [0.29, 0.717) is 0 Å². The number of hydrogen-bond donors (Lipinski definition) is 1. The minimum Gasteiger partial charge on any atom is -0.467 e. The van der Waals surface area contributed by atoms with E-state index >= 15 is 0 Å². The Balaban J connectivity index is 4.23. The maximum atomic E-state index is 10.8. The van der Waals surface area contributed by atoms with Crippen LogP contribution in [0.4, 0.5) is 0 Å². The monoisotopic (exact) mass is 185 g/mol. The van der Waals surface area contributed by atoms with E-state index in [4.69, 9.17) is 5.73 Å². The molecule has 68 valence electrons. The van der Waals surface area contributed by atoms with Crippen LogP contribution in [0.1, 0.15) is 0 Å². The molecule has 4 heteroatoms. The zero-order chi connectivity index (χ0) is 9.78. The lowest BCUT2D eigenvalue weighted by Gasteiger charge is -2.05. The van der Waals surface area contributed by atoms with Gasteiger partial charge in [0.2, 0.25) is 0 Å². The van der Waals surface area contributed by atoms with E-state index in [2.05, 4.69) is 35.8 Å². The van der Waals surface area contributed by atoms with Gasteiger partial charge in [-0.3, -0.25) is 0 Å². The Morgan fingerprint density at radius 1 is 1.50 bits per heavy atom. The van der Waals surface area contributed by atoms with Gasteiger partial charge in [0.05, 0.1) is 7.11 Å². The normalized spacial score (nSPS) is 12.8. The Morgan fingerprint density at radius 3 is 2.33 bits per heavy atom. The van der Waals surface area contributed by atoms with Gasteiger partial charge in [0.15, 0.2) is 6.04 Å². The Bertz CT molecular complexity index is 221. The second-order valence-corrected chi connectivity index (χ2v) is 8.27. The summed E-state index contributed by atoms with van der Waals surface area (Å²) in [5.41, 5.74) is 8.41. The Kier molecular flexibility index (Phi) is 4.00. The molecular formula is C8H15NO2Si. The molecule has 3 nitrogen and oxygen atoms in total. The summed E-state index contributed by atoms with van der Waals surface area (Å²) in [5, 5.41) is 0. The summed E-state index contributed by atoms with van der Waals surface area (Å²) in [6.45, 7) is 6.26. The van der Waals surface area contributed by atoms with Crippen LogP contribution in [-0.4, -0.2) is 27.2 Å². The van der Waals surface area contributed by atoms with Crippen LogP contribution in [-0.2, 0) is 9.53 Å². The molecule has 0 heterocycles. The Labute approximate surface area is 74.3 Å². The van der Waals surface area contributed by atoms with Crippen molar-refractivity contribution in [1.29, 1.82) is 0 Å². The summed E-state index contributed by atoms with van der Waals surface area (Å²) in [4.78, 5) is 10.8. The van der Waals surface area contributed by atoms with Crippen LogP contribution >= 0.6 is 0 Å². The highest BCUT2D eigenvalue weighted by molar-refractivity contribution is 6.83. The SMILES string of the molecule is COC(=O)C(N)C#C[Si](C)(C)C. The molecule has 0 aliphatic heterocycles. The van der Waals surface area contributed by atoms with Gasteiger partial charge in [-0.25, -0.2) is 4.79 Å². The topological polar surface area (TPSA) is 52.3 Å². The molecule has 0 aromatic rings. The summed E-state index contributed by atoms with van der Waals surface area (Å²) in [7, 11) is -0.124. The smallest absolute Gasteiger partial charge is 0.335 e. The first-order valence-electron chi connectivity index (χ1n) is 3.73. The summed E-state index contributed by atoms with van der Waals surface area (Å²) in [6.07, 6.45) is 0. The standard InChI is InChI=1S/C8H15NO2Si/c1-11-8(10)7(9)5-6-12(2,3)4/h7H,9H2,1-4H3. The van der Waals surface area contributed by atoms with Crippen molar-refractivity contribution >= 4 is 14.0 Å². The van der Waals surface area contributed by atoms with Crippen molar-refractivity contribution in [2.24, 2.45) is 5.73 Å². The quantitative estimate of drug-likeness (QED) is 0.365. The minimum absolute atomic E-state index is 0.472. The van der Waals surface area contributed by atoms with Crippen molar-refractivity contribution in [3.63, 3.8) is 0 Å². The van der Waals surface area contributed by atoms with E-state index in [-0.39, 0.29) is 0 Å². The van der Waals surface area contributed by atoms with Crippen molar-refractivity contribution in [3.8, 4) is 11.5 Å². The third kappa shape index (κ3) is 4.94. The lowest BCUT2D eigenvalue weighted by atomic mass is 10.3. The summed E-state index contributed by atoms with van der Waals surface area (Å²) in [5.74, 6) is 2.22. The number of carbonyl (C=O) groups is 1. The summed E-state index contributed by atoms with van der Waals surface area (Å²) >= 11 is 0. The average molecular weight is 185 g/mol. The molecule has 12 heavy (non-hydrogen) atoms. The van der Waals surface area contributed by atoms with E-state index in [1.165, 1.54) is 7.11 Å². The molecule has 2 N–H and O–H groups in total. The van der Waals surface area contributed by atoms with Crippen LogP contribution < -0.4 is 5.73 Å². The van der Waals surface area contributed by atoms with Gasteiger partial charge in [-0.1, -0.05) is 25.6 Å². The highest BCUT2D eigenvalue weighted by Gasteiger charge is 2.12. The minimum atomic E-state index is -1.43. The number of methoxy groups -OCH3 is 1. The first-order valence-corrected chi connectivity index (χ1v) is 7.23. The van der Waals surface area contributed by atoms with Gasteiger partial charge in [0.1, 0.15) is 8.07 Å². The van der Waals surface area contributed by atoms with Crippen molar-refractivity contribution in [2.45, 2.75) is 25.7 Å². The number of rotatable bonds is 1. The second kappa shape index (κ2) is 4.29. The maximum Gasteiger partial charge on any atom is 0.335 e. The molecule has 0 saturated carbocycles. The number of nitrogens with two attached hydrogens (primary N) is 1. The van der Waals surface area contributed by atoms with Crippen LogP contribution in [0.25, 0.3) is 0 Å². The number of carbonyl (C=O) groups excluding carboxylic acids is 1. The highest BCUT2D eigenvalue weighted by atomic mass is 28.3. The molecule has 0 spiro atoms. The Morgan fingerprint density at radius 2 is 2.00 bits per heavy atom. The van der Waals surface area contributed by atoms with Crippen LogP contribution in [0.15, 0.2) is 0 Å². The molecule has 0 aliphatic rings. The molecule has 0 bridgehead atoms. The lowest BCUT2D eigenvalue weighted by molar-refractivity contribution is -0.140. The fraction of sp³-hybridized carbons (Fsp3) is 0.625. The van der Waals surface area contributed by atoms with Crippen molar-refractivity contribution in [1.82, 2.24) is 0 Å². The first kappa shape index (κ1) is 11.2. The van der Waals surface area contributed by atoms with Crippen molar-refractivity contribution in [3.05, 3.63) is 0 Å². The van der Waals surface area contributed by atoms with E-state index in [9.17, 15) is 4.79 Å². The lowest BCUT2D eigenvalue weighted by Crippen LogP contribution is -2.31. The zero-order valence-corrected chi connectivity index (χ0v) is 8.97. The number of ether oxygens (including phenoxy) is 1. The van der Waals surface area contributed by atoms with Crippen molar-refractivity contribution in [2.75, 3.05) is 7.11 Å². The van der Waals surface area contributed by atoms with Crippen LogP contribution in [0, 0.1) is 11.5 Å².